The Morgan fingerprint density at radius 3 is 1.40 bits per heavy atom. The summed E-state index contributed by atoms with van der Waals surface area (Å²) in [4.78, 5) is 0. The van der Waals surface area contributed by atoms with Crippen LogP contribution in [-0.2, 0) is 0 Å². The fourth-order valence-electron chi connectivity index (χ4n) is 7.66. The molecule has 0 atom stereocenters. The van der Waals surface area contributed by atoms with Gasteiger partial charge >= 0.3 is 0 Å². The molecule has 1 heteroatoms. The maximum Gasteiger partial charge on any atom is 0.136 e. The van der Waals surface area contributed by atoms with Crippen molar-refractivity contribution in [3.8, 4) is 33.4 Å². The van der Waals surface area contributed by atoms with Gasteiger partial charge in [-0.3, -0.25) is 0 Å². The van der Waals surface area contributed by atoms with Crippen LogP contribution < -0.4 is 0 Å². The molecule has 9 aromatic carbocycles. The summed E-state index contributed by atoms with van der Waals surface area (Å²) in [6.45, 7) is 0. The molecule has 0 aliphatic carbocycles. The lowest BCUT2D eigenvalue weighted by atomic mass is 9.86. The summed E-state index contributed by atoms with van der Waals surface area (Å²) >= 11 is 0. The minimum atomic E-state index is 0.569. The van der Waals surface area contributed by atoms with Crippen LogP contribution in [0.1, 0.15) is 1.37 Å². The topological polar surface area (TPSA) is 13.1 Å². The zero-order valence-corrected chi connectivity index (χ0v) is 25.5. The Labute approximate surface area is 273 Å². The second-order valence-corrected chi connectivity index (χ2v) is 12.3. The quantitative estimate of drug-likeness (QED) is 0.185. The summed E-state index contributed by atoms with van der Waals surface area (Å²) in [5.41, 5.74) is 8.85. The van der Waals surface area contributed by atoms with Crippen LogP contribution in [0.25, 0.3) is 98.4 Å². The first-order chi connectivity index (χ1) is 23.7. The van der Waals surface area contributed by atoms with Crippen LogP contribution in [-0.4, -0.2) is 0 Å². The minimum Gasteiger partial charge on any atom is -0.456 e. The molecule has 0 bridgehead atoms. The summed E-state index contributed by atoms with van der Waals surface area (Å²) in [7, 11) is 0. The van der Waals surface area contributed by atoms with Crippen molar-refractivity contribution in [3.63, 3.8) is 0 Å². The van der Waals surface area contributed by atoms with Gasteiger partial charge in [-0.1, -0.05) is 140 Å². The molecule has 10 rings (SSSR count). The lowest BCUT2D eigenvalue weighted by Crippen LogP contribution is -1.90. The summed E-state index contributed by atoms with van der Waals surface area (Å²) < 4.78 is 15.5. The SMILES string of the molecule is [2H]c1c2ccccc2c(-c2ccc3c(c2)oc2ccc(-c4c5ccccc5c(-c5ccccc5)c5ccccc45)cc23)c2ccccc12. The number of fused-ring (bicyclic) bond motifs is 7. The third-order valence-corrected chi connectivity index (χ3v) is 9.70. The third-order valence-electron chi connectivity index (χ3n) is 9.70. The van der Waals surface area contributed by atoms with Gasteiger partial charge in [0.15, 0.2) is 0 Å². The van der Waals surface area contributed by atoms with E-state index >= 15 is 0 Å². The van der Waals surface area contributed by atoms with E-state index in [2.05, 4.69) is 152 Å². The predicted molar refractivity (Wildman–Crippen MR) is 200 cm³/mol. The molecule has 0 N–H and O–H groups in total. The van der Waals surface area contributed by atoms with E-state index in [0.717, 1.165) is 54.6 Å². The lowest BCUT2D eigenvalue weighted by molar-refractivity contribution is 0.669. The molecule has 0 unspecified atom stereocenters. The molecule has 0 spiro atoms. The van der Waals surface area contributed by atoms with Crippen LogP contribution in [0.4, 0.5) is 0 Å². The van der Waals surface area contributed by atoms with Gasteiger partial charge in [-0.05, 0) is 107 Å². The maximum atomic E-state index is 8.92. The molecular weight excluding hydrogens is 569 g/mol. The van der Waals surface area contributed by atoms with Gasteiger partial charge in [-0.2, -0.15) is 0 Å². The molecular formula is C46H28O. The summed E-state index contributed by atoms with van der Waals surface area (Å²) in [5, 5.41) is 11.2. The molecule has 0 amide bonds. The normalized spacial score (nSPS) is 12.1. The highest BCUT2D eigenvalue weighted by Gasteiger charge is 2.18. The Kier molecular flexibility index (Phi) is 5.42. The largest absolute Gasteiger partial charge is 0.456 e. The van der Waals surface area contributed by atoms with Gasteiger partial charge in [0.2, 0.25) is 0 Å². The maximum absolute atomic E-state index is 8.92. The summed E-state index contributed by atoms with van der Waals surface area (Å²) in [5.74, 6) is 0. The first-order valence-electron chi connectivity index (χ1n) is 16.6. The molecule has 218 valence electrons. The van der Waals surface area contributed by atoms with Crippen molar-refractivity contribution in [3.05, 3.63) is 170 Å². The fraction of sp³-hybridized carbons (Fsp3) is 0. The highest BCUT2D eigenvalue weighted by molar-refractivity contribution is 6.22. The number of furan rings is 1. The van der Waals surface area contributed by atoms with Crippen molar-refractivity contribution in [2.24, 2.45) is 0 Å². The van der Waals surface area contributed by atoms with Crippen LogP contribution in [0.3, 0.4) is 0 Å². The Bertz CT molecular complexity index is 2780. The molecule has 1 nitrogen and oxygen atoms in total. The average Bonchev–Trinajstić information content (AvgIpc) is 3.51. The van der Waals surface area contributed by atoms with Gasteiger partial charge in [0.1, 0.15) is 11.2 Å². The summed E-state index contributed by atoms with van der Waals surface area (Å²) in [6, 6.07) is 58.6. The van der Waals surface area contributed by atoms with E-state index in [1.54, 1.807) is 0 Å². The van der Waals surface area contributed by atoms with E-state index in [0.29, 0.717) is 6.04 Å². The van der Waals surface area contributed by atoms with Gasteiger partial charge in [0, 0.05) is 10.8 Å². The van der Waals surface area contributed by atoms with Crippen LogP contribution in [0.2, 0.25) is 0 Å². The second-order valence-electron chi connectivity index (χ2n) is 12.3. The van der Waals surface area contributed by atoms with Crippen molar-refractivity contribution in [1.29, 1.82) is 0 Å². The van der Waals surface area contributed by atoms with Crippen LogP contribution in [0.15, 0.2) is 174 Å². The smallest absolute Gasteiger partial charge is 0.136 e. The van der Waals surface area contributed by atoms with Crippen LogP contribution in [0, 0.1) is 0 Å². The molecule has 0 saturated heterocycles. The molecule has 0 aliphatic rings. The van der Waals surface area contributed by atoms with Crippen molar-refractivity contribution in [1.82, 2.24) is 0 Å². The van der Waals surface area contributed by atoms with E-state index in [-0.39, 0.29) is 0 Å². The van der Waals surface area contributed by atoms with Gasteiger partial charge < -0.3 is 4.42 Å². The van der Waals surface area contributed by atoms with Crippen LogP contribution in [0.5, 0.6) is 0 Å². The first-order valence-corrected chi connectivity index (χ1v) is 16.1. The van der Waals surface area contributed by atoms with Gasteiger partial charge in [0.05, 0.1) is 1.37 Å². The van der Waals surface area contributed by atoms with Crippen molar-refractivity contribution >= 4 is 65.0 Å². The van der Waals surface area contributed by atoms with E-state index in [4.69, 9.17) is 5.79 Å². The number of benzene rings is 9. The minimum absolute atomic E-state index is 0.569. The third kappa shape index (κ3) is 3.97. The lowest BCUT2D eigenvalue weighted by Gasteiger charge is -2.17. The molecule has 0 fully saturated rings. The van der Waals surface area contributed by atoms with Gasteiger partial charge in [0.25, 0.3) is 0 Å². The highest BCUT2D eigenvalue weighted by Crippen LogP contribution is 2.45. The standard InChI is InChI=1S/C46H28O/c1-2-12-29(13-3-1)44-37-18-8-10-20-39(37)46(40-21-11-9-19-38(40)44)32-23-25-42-41(27-32)36-24-22-33(28-43(36)47-42)45-34-16-6-4-14-30(34)26-31-15-5-7-17-35(31)45/h1-28H/i26D. The van der Waals surface area contributed by atoms with Crippen molar-refractivity contribution < 1.29 is 5.79 Å². The molecule has 1 heterocycles. The zero-order valence-electron chi connectivity index (χ0n) is 26.5. The second kappa shape index (κ2) is 10.2. The van der Waals surface area contributed by atoms with E-state index < -0.39 is 0 Å². The molecule has 0 radical (unpaired) electrons. The van der Waals surface area contributed by atoms with Crippen molar-refractivity contribution in [2.45, 2.75) is 0 Å². The molecule has 10 aromatic rings. The monoisotopic (exact) mass is 597 g/mol. The number of rotatable bonds is 3. The van der Waals surface area contributed by atoms with Crippen LogP contribution >= 0.6 is 0 Å². The van der Waals surface area contributed by atoms with E-state index in [1.165, 1.54) is 43.8 Å². The number of hydrogen-bond donors (Lipinski definition) is 0. The zero-order chi connectivity index (χ0) is 31.8. The first kappa shape index (κ1) is 25.1. The van der Waals surface area contributed by atoms with E-state index in [1.807, 2.05) is 12.1 Å². The average molecular weight is 598 g/mol. The number of hydrogen-bond acceptors (Lipinski definition) is 1. The molecule has 1 aromatic heterocycles. The Hall–Kier alpha value is -6.18. The summed E-state index contributed by atoms with van der Waals surface area (Å²) in [6.07, 6.45) is 0. The Morgan fingerprint density at radius 2 is 0.787 bits per heavy atom. The highest BCUT2D eigenvalue weighted by atomic mass is 16.3. The molecule has 0 aliphatic heterocycles. The fourth-order valence-corrected chi connectivity index (χ4v) is 7.66. The molecule has 0 saturated carbocycles. The van der Waals surface area contributed by atoms with Crippen molar-refractivity contribution in [2.75, 3.05) is 0 Å². The Morgan fingerprint density at radius 1 is 0.319 bits per heavy atom. The Balaban J connectivity index is 1.21. The predicted octanol–water partition coefficient (Wildman–Crippen LogP) is 13.2. The molecule has 47 heavy (non-hydrogen) atoms. The van der Waals surface area contributed by atoms with E-state index in [9.17, 15) is 0 Å². The van der Waals surface area contributed by atoms with Gasteiger partial charge in [-0.15, -0.1) is 0 Å². The van der Waals surface area contributed by atoms with Gasteiger partial charge in [-0.25, -0.2) is 0 Å².